The van der Waals surface area contributed by atoms with E-state index in [1.54, 1.807) is 6.92 Å². The molecule has 0 saturated carbocycles. The van der Waals surface area contributed by atoms with Crippen molar-refractivity contribution in [3.8, 4) is 17.6 Å². The molecule has 0 bridgehead atoms. The van der Waals surface area contributed by atoms with Gasteiger partial charge in [-0.1, -0.05) is 18.5 Å². The number of hydrogen-bond acceptors (Lipinski definition) is 4. The second-order valence-electron chi connectivity index (χ2n) is 4.03. The van der Waals surface area contributed by atoms with Gasteiger partial charge in [-0.25, -0.2) is 9.36 Å². The molecule has 0 radical (unpaired) electrons. The molecule has 0 aliphatic heterocycles. The Balaban J connectivity index is 2.77. The number of rotatable bonds is 2. The van der Waals surface area contributed by atoms with E-state index in [1.165, 1.54) is 18.2 Å². The van der Waals surface area contributed by atoms with Crippen LogP contribution in [0.15, 0.2) is 27.8 Å². The second-order valence-corrected chi connectivity index (χ2v) is 4.43. The van der Waals surface area contributed by atoms with E-state index in [9.17, 15) is 14.7 Å². The Hall–Kier alpha value is -2.52. The summed E-state index contributed by atoms with van der Waals surface area (Å²) >= 11 is 5.90. The van der Waals surface area contributed by atoms with Crippen molar-refractivity contribution < 1.29 is 5.11 Å². The molecule has 6 nitrogen and oxygen atoms in total. The number of nitriles is 1. The summed E-state index contributed by atoms with van der Waals surface area (Å²) in [6, 6.07) is 6.16. The summed E-state index contributed by atoms with van der Waals surface area (Å²) in [4.78, 5) is 25.5. The lowest BCUT2D eigenvalue weighted by atomic mass is 10.2. The van der Waals surface area contributed by atoms with Gasteiger partial charge in [0.05, 0.1) is 21.8 Å². The lowest BCUT2D eigenvalue weighted by Gasteiger charge is -2.11. The van der Waals surface area contributed by atoms with Gasteiger partial charge in [0.1, 0.15) is 6.07 Å². The van der Waals surface area contributed by atoms with Gasteiger partial charge in [0.25, 0.3) is 5.56 Å². The van der Waals surface area contributed by atoms with E-state index in [4.69, 9.17) is 16.9 Å². The summed E-state index contributed by atoms with van der Waals surface area (Å²) < 4.78 is 0.938. The Kier molecular flexibility index (Phi) is 3.63. The van der Waals surface area contributed by atoms with Crippen LogP contribution in [0.2, 0.25) is 5.02 Å². The Morgan fingerprint density at radius 3 is 2.70 bits per heavy atom. The minimum Gasteiger partial charge on any atom is -0.494 e. The van der Waals surface area contributed by atoms with Crippen LogP contribution < -0.4 is 11.2 Å². The van der Waals surface area contributed by atoms with Crippen LogP contribution in [0.25, 0.3) is 5.69 Å². The molecule has 0 fully saturated rings. The fourth-order valence-electron chi connectivity index (χ4n) is 1.85. The molecule has 2 N–H and O–H groups in total. The largest absolute Gasteiger partial charge is 0.494 e. The number of benzene rings is 1. The first-order valence-corrected chi connectivity index (χ1v) is 6.14. The third-order valence-corrected chi connectivity index (χ3v) is 3.18. The van der Waals surface area contributed by atoms with Crippen LogP contribution in [0.5, 0.6) is 5.88 Å². The van der Waals surface area contributed by atoms with E-state index in [-0.39, 0.29) is 28.3 Å². The number of aromatic hydroxyl groups is 1. The quantitative estimate of drug-likeness (QED) is 0.871. The van der Waals surface area contributed by atoms with Crippen molar-refractivity contribution in [3.63, 3.8) is 0 Å². The van der Waals surface area contributed by atoms with Crippen molar-refractivity contribution in [2.45, 2.75) is 13.3 Å². The Bertz CT molecular complexity index is 830. The van der Waals surface area contributed by atoms with Gasteiger partial charge in [-0.3, -0.25) is 9.78 Å². The van der Waals surface area contributed by atoms with Crippen molar-refractivity contribution in [1.82, 2.24) is 9.55 Å². The Morgan fingerprint density at radius 1 is 1.45 bits per heavy atom. The molecule has 0 amide bonds. The monoisotopic (exact) mass is 291 g/mol. The van der Waals surface area contributed by atoms with Crippen molar-refractivity contribution in [1.29, 1.82) is 5.26 Å². The van der Waals surface area contributed by atoms with Crippen LogP contribution in [0.3, 0.4) is 0 Å². The molecule has 0 aliphatic carbocycles. The number of nitrogens with one attached hydrogen (secondary N) is 1. The first kappa shape index (κ1) is 13.9. The van der Waals surface area contributed by atoms with E-state index in [0.29, 0.717) is 0 Å². The van der Waals surface area contributed by atoms with Gasteiger partial charge in [0.2, 0.25) is 5.88 Å². The van der Waals surface area contributed by atoms with Crippen LogP contribution in [0, 0.1) is 11.3 Å². The van der Waals surface area contributed by atoms with Gasteiger partial charge < -0.3 is 5.11 Å². The van der Waals surface area contributed by atoms with Gasteiger partial charge in [-0.2, -0.15) is 5.26 Å². The summed E-state index contributed by atoms with van der Waals surface area (Å²) in [5.74, 6) is -0.429. The standard InChI is InChI=1S/C13H10ClN3O3/c1-2-9-11(18)16-13(20)17(12(9)19)8-4-3-7(6-15)10(14)5-8/h3-5,19H,2H2,1H3,(H,16,18,20). The topological polar surface area (TPSA) is 98.9 Å². The third kappa shape index (κ3) is 2.19. The predicted octanol–water partition coefficient (Wildman–Crippen LogP) is 1.32. The molecular formula is C13H10ClN3O3. The van der Waals surface area contributed by atoms with Crippen molar-refractivity contribution in [3.05, 3.63) is 55.2 Å². The van der Waals surface area contributed by atoms with Crippen LogP contribution in [0.1, 0.15) is 18.1 Å². The molecule has 7 heteroatoms. The molecule has 1 aromatic heterocycles. The van der Waals surface area contributed by atoms with Crippen molar-refractivity contribution >= 4 is 11.6 Å². The van der Waals surface area contributed by atoms with Gasteiger partial charge in [0, 0.05) is 0 Å². The maximum Gasteiger partial charge on any atom is 0.335 e. The van der Waals surface area contributed by atoms with Crippen LogP contribution >= 0.6 is 11.6 Å². The highest BCUT2D eigenvalue weighted by Crippen LogP contribution is 2.22. The molecule has 20 heavy (non-hydrogen) atoms. The van der Waals surface area contributed by atoms with Gasteiger partial charge in [0.15, 0.2) is 0 Å². The number of nitrogens with zero attached hydrogens (tertiary/aromatic N) is 2. The zero-order chi connectivity index (χ0) is 14.9. The molecule has 0 spiro atoms. The minimum absolute atomic E-state index is 0.102. The number of hydrogen-bond donors (Lipinski definition) is 2. The van der Waals surface area contributed by atoms with E-state index in [0.717, 1.165) is 4.57 Å². The fourth-order valence-corrected chi connectivity index (χ4v) is 2.07. The maximum atomic E-state index is 11.8. The maximum absolute atomic E-state index is 11.8. The average Bonchev–Trinajstić information content (AvgIpc) is 2.39. The van der Waals surface area contributed by atoms with Crippen molar-refractivity contribution in [2.24, 2.45) is 0 Å². The van der Waals surface area contributed by atoms with E-state index in [2.05, 4.69) is 4.98 Å². The Morgan fingerprint density at radius 2 is 2.15 bits per heavy atom. The van der Waals surface area contributed by atoms with Crippen LogP contribution in [-0.2, 0) is 6.42 Å². The highest BCUT2D eigenvalue weighted by atomic mass is 35.5. The zero-order valence-corrected chi connectivity index (χ0v) is 11.2. The predicted molar refractivity (Wildman–Crippen MR) is 73.4 cm³/mol. The highest BCUT2D eigenvalue weighted by molar-refractivity contribution is 6.31. The lowest BCUT2D eigenvalue weighted by Crippen LogP contribution is -2.31. The van der Waals surface area contributed by atoms with Gasteiger partial charge >= 0.3 is 5.69 Å². The second kappa shape index (κ2) is 5.23. The normalized spacial score (nSPS) is 10.2. The molecule has 1 heterocycles. The molecule has 2 rings (SSSR count). The summed E-state index contributed by atoms with van der Waals surface area (Å²) in [6.45, 7) is 1.69. The number of halogens is 1. The lowest BCUT2D eigenvalue weighted by molar-refractivity contribution is 0.423. The summed E-state index contributed by atoms with van der Waals surface area (Å²) in [7, 11) is 0. The Labute approximate surface area is 118 Å². The molecule has 2 aromatic rings. The number of aromatic amines is 1. The highest BCUT2D eigenvalue weighted by Gasteiger charge is 2.14. The molecule has 1 aromatic carbocycles. The number of H-pyrrole nitrogens is 1. The molecule has 0 unspecified atom stereocenters. The molecular weight excluding hydrogens is 282 g/mol. The summed E-state index contributed by atoms with van der Waals surface area (Å²) in [5, 5.41) is 19.0. The van der Waals surface area contributed by atoms with Crippen LogP contribution in [-0.4, -0.2) is 14.7 Å². The van der Waals surface area contributed by atoms with E-state index < -0.39 is 17.1 Å². The molecule has 0 aliphatic rings. The minimum atomic E-state index is -0.773. The summed E-state index contributed by atoms with van der Waals surface area (Å²) in [6.07, 6.45) is 0.269. The molecule has 0 atom stereocenters. The SMILES string of the molecule is CCc1c(O)n(-c2ccc(C#N)c(Cl)c2)c(=O)[nH]c1=O. The first-order chi connectivity index (χ1) is 9.49. The smallest absolute Gasteiger partial charge is 0.335 e. The fraction of sp³-hybridized carbons (Fsp3) is 0.154. The third-order valence-electron chi connectivity index (χ3n) is 2.86. The number of aromatic nitrogens is 2. The van der Waals surface area contributed by atoms with Crippen molar-refractivity contribution in [2.75, 3.05) is 0 Å². The van der Waals surface area contributed by atoms with E-state index >= 15 is 0 Å². The first-order valence-electron chi connectivity index (χ1n) is 5.76. The molecule has 102 valence electrons. The zero-order valence-electron chi connectivity index (χ0n) is 10.5. The van der Waals surface area contributed by atoms with Crippen LogP contribution in [0.4, 0.5) is 0 Å². The van der Waals surface area contributed by atoms with Gasteiger partial charge in [-0.05, 0) is 24.6 Å². The van der Waals surface area contributed by atoms with Gasteiger partial charge in [-0.15, -0.1) is 0 Å². The average molecular weight is 292 g/mol. The molecule has 0 saturated heterocycles. The van der Waals surface area contributed by atoms with E-state index in [1.807, 2.05) is 6.07 Å². The summed E-state index contributed by atoms with van der Waals surface area (Å²) in [5.41, 5.74) is -0.771.